The minimum Gasteiger partial charge on any atom is -0.269 e. The molecule has 0 amide bonds. The Kier molecular flexibility index (Phi) is 2.96. The Balaban J connectivity index is 3.54. The molecule has 0 saturated carbocycles. The van der Waals surface area contributed by atoms with Crippen LogP contribution in [0.3, 0.4) is 0 Å². The lowest BCUT2D eigenvalue weighted by Gasteiger charge is -2.19. The van der Waals surface area contributed by atoms with E-state index in [9.17, 15) is 4.91 Å². The van der Waals surface area contributed by atoms with Gasteiger partial charge in [0.05, 0.1) is 11.4 Å². The van der Waals surface area contributed by atoms with Gasteiger partial charge in [-0.3, -0.25) is 4.68 Å². The predicted octanol–water partition coefficient (Wildman–Crippen LogP) is 3.41. The topological polar surface area (TPSA) is 47.2 Å². The number of nitroso groups, excluding NO2 is 1. The van der Waals surface area contributed by atoms with Crippen molar-refractivity contribution in [2.75, 3.05) is 0 Å². The summed E-state index contributed by atoms with van der Waals surface area (Å²) >= 11 is 0. The lowest BCUT2D eigenvalue weighted by molar-refractivity contribution is 0.514. The van der Waals surface area contributed by atoms with Gasteiger partial charge >= 0.3 is 0 Å². The zero-order valence-corrected chi connectivity index (χ0v) is 11.2. The first-order chi connectivity index (χ1) is 7.09. The van der Waals surface area contributed by atoms with E-state index >= 15 is 0 Å². The first kappa shape index (κ1) is 12.9. The molecule has 0 saturated heterocycles. The van der Waals surface area contributed by atoms with Crippen LogP contribution in [0.4, 0.5) is 5.69 Å². The predicted molar refractivity (Wildman–Crippen MR) is 66.1 cm³/mol. The highest BCUT2D eigenvalue weighted by molar-refractivity contribution is 5.52. The molecule has 0 spiro atoms. The van der Waals surface area contributed by atoms with E-state index in [4.69, 9.17) is 0 Å². The van der Waals surface area contributed by atoms with E-state index in [1.54, 1.807) is 4.68 Å². The second-order valence-electron chi connectivity index (χ2n) is 6.26. The van der Waals surface area contributed by atoms with Gasteiger partial charge in [0, 0.05) is 17.9 Å². The Morgan fingerprint density at radius 1 is 1.06 bits per heavy atom. The summed E-state index contributed by atoms with van der Waals surface area (Å²) in [7, 11) is 1.87. The fourth-order valence-electron chi connectivity index (χ4n) is 1.95. The molecule has 0 N–H and O–H groups in total. The molecule has 0 aromatic carbocycles. The van der Waals surface area contributed by atoms with Gasteiger partial charge in [-0.25, -0.2) is 0 Å². The van der Waals surface area contributed by atoms with Crippen LogP contribution >= 0.6 is 0 Å². The first-order valence-electron chi connectivity index (χ1n) is 5.50. The van der Waals surface area contributed by atoms with Crippen molar-refractivity contribution in [1.29, 1.82) is 0 Å². The SMILES string of the molecule is Cn1nc(C(C)(C)C)c(N=O)c1C(C)(C)C. The van der Waals surface area contributed by atoms with Crippen molar-refractivity contribution in [3.63, 3.8) is 0 Å². The van der Waals surface area contributed by atoms with E-state index in [1.165, 1.54) is 0 Å². The molecule has 0 aliphatic carbocycles. The monoisotopic (exact) mass is 223 g/mol. The quantitative estimate of drug-likeness (QED) is 0.685. The third kappa shape index (κ3) is 2.15. The second kappa shape index (κ2) is 3.68. The normalized spacial score (nSPS) is 12.9. The number of hydrogen-bond donors (Lipinski definition) is 0. The molecule has 0 atom stereocenters. The number of aromatic nitrogens is 2. The Labute approximate surface area is 97.0 Å². The number of nitrogens with zero attached hydrogens (tertiary/aromatic N) is 3. The summed E-state index contributed by atoms with van der Waals surface area (Å²) in [5.74, 6) is 0. The van der Waals surface area contributed by atoms with Crippen molar-refractivity contribution in [2.24, 2.45) is 12.2 Å². The van der Waals surface area contributed by atoms with Crippen molar-refractivity contribution in [2.45, 2.75) is 52.4 Å². The summed E-state index contributed by atoms with van der Waals surface area (Å²) in [5, 5.41) is 7.63. The van der Waals surface area contributed by atoms with E-state index < -0.39 is 0 Å². The molecule has 0 aliphatic rings. The number of rotatable bonds is 1. The maximum atomic E-state index is 11.1. The molecule has 0 fully saturated rings. The Morgan fingerprint density at radius 2 is 1.56 bits per heavy atom. The summed E-state index contributed by atoms with van der Waals surface area (Å²) in [6, 6.07) is 0. The van der Waals surface area contributed by atoms with Gasteiger partial charge in [0.1, 0.15) is 0 Å². The van der Waals surface area contributed by atoms with Crippen LogP contribution in [0.5, 0.6) is 0 Å². The molecule has 0 bridgehead atoms. The average molecular weight is 223 g/mol. The van der Waals surface area contributed by atoms with Gasteiger partial charge in [-0.1, -0.05) is 41.5 Å². The van der Waals surface area contributed by atoms with Crippen LogP contribution < -0.4 is 0 Å². The zero-order valence-electron chi connectivity index (χ0n) is 11.2. The van der Waals surface area contributed by atoms with Gasteiger partial charge < -0.3 is 0 Å². The van der Waals surface area contributed by atoms with Crippen molar-refractivity contribution in [3.8, 4) is 0 Å². The molecule has 1 aromatic heterocycles. The van der Waals surface area contributed by atoms with Crippen LogP contribution in [0.25, 0.3) is 0 Å². The Morgan fingerprint density at radius 3 is 1.88 bits per heavy atom. The molecule has 0 radical (unpaired) electrons. The zero-order chi connectivity index (χ0) is 12.7. The molecular formula is C12H21N3O. The molecule has 1 heterocycles. The molecule has 4 nitrogen and oxygen atoms in total. The average Bonchev–Trinajstić information content (AvgIpc) is 2.40. The highest BCUT2D eigenvalue weighted by Crippen LogP contribution is 2.38. The summed E-state index contributed by atoms with van der Waals surface area (Å²) in [6.45, 7) is 12.3. The van der Waals surface area contributed by atoms with Crippen LogP contribution in [0.15, 0.2) is 5.18 Å². The second-order valence-corrected chi connectivity index (χ2v) is 6.26. The number of hydrogen-bond acceptors (Lipinski definition) is 3. The van der Waals surface area contributed by atoms with E-state index in [1.807, 2.05) is 27.8 Å². The molecule has 1 aromatic rings. The van der Waals surface area contributed by atoms with Gasteiger partial charge in [-0.05, 0) is 5.18 Å². The van der Waals surface area contributed by atoms with E-state index in [0.717, 1.165) is 11.4 Å². The lowest BCUT2D eigenvalue weighted by Crippen LogP contribution is -2.16. The van der Waals surface area contributed by atoms with Crippen LogP contribution in [0.2, 0.25) is 0 Å². The van der Waals surface area contributed by atoms with E-state index in [2.05, 4.69) is 31.0 Å². The van der Waals surface area contributed by atoms with Gasteiger partial charge in [-0.15, -0.1) is 4.91 Å². The highest BCUT2D eigenvalue weighted by atomic mass is 16.3. The lowest BCUT2D eigenvalue weighted by atomic mass is 9.86. The van der Waals surface area contributed by atoms with Gasteiger partial charge in [-0.2, -0.15) is 5.10 Å². The van der Waals surface area contributed by atoms with Crippen LogP contribution in [-0.2, 0) is 17.9 Å². The van der Waals surface area contributed by atoms with Crippen LogP contribution in [0, 0.1) is 4.91 Å². The van der Waals surface area contributed by atoms with Gasteiger partial charge in [0.25, 0.3) is 0 Å². The van der Waals surface area contributed by atoms with Gasteiger partial charge in [0.15, 0.2) is 5.69 Å². The minimum atomic E-state index is -0.162. The molecule has 0 unspecified atom stereocenters. The third-order valence-corrected chi connectivity index (χ3v) is 2.53. The molecule has 0 aliphatic heterocycles. The van der Waals surface area contributed by atoms with Crippen molar-refractivity contribution in [3.05, 3.63) is 16.3 Å². The molecule has 90 valence electrons. The van der Waals surface area contributed by atoms with Crippen LogP contribution in [-0.4, -0.2) is 9.78 Å². The van der Waals surface area contributed by atoms with Crippen molar-refractivity contribution in [1.82, 2.24) is 9.78 Å². The summed E-state index contributed by atoms with van der Waals surface area (Å²) in [6.07, 6.45) is 0. The smallest absolute Gasteiger partial charge is 0.153 e. The maximum absolute atomic E-state index is 11.1. The van der Waals surface area contributed by atoms with Crippen molar-refractivity contribution < 1.29 is 0 Å². The van der Waals surface area contributed by atoms with Crippen molar-refractivity contribution >= 4 is 5.69 Å². The fourth-order valence-corrected chi connectivity index (χ4v) is 1.95. The third-order valence-electron chi connectivity index (χ3n) is 2.53. The Hall–Kier alpha value is -1.19. The Bertz CT molecular complexity index is 405. The number of aryl methyl sites for hydroxylation is 1. The minimum absolute atomic E-state index is 0.130. The van der Waals surface area contributed by atoms with Gasteiger partial charge in [0.2, 0.25) is 0 Å². The van der Waals surface area contributed by atoms with E-state index in [-0.39, 0.29) is 10.8 Å². The standard InChI is InChI=1S/C12H21N3O/c1-11(2,3)9-8(14-16)10(12(4,5)6)15(7)13-9/h1-7H3. The highest BCUT2D eigenvalue weighted by Gasteiger charge is 2.31. The summed E-state index contributed by atoms with van der Waals surface area (Å²) in [5.41, 5.74) is 1.88. The molecular weight excluding hydrogens is 202 g/mol. The largest absolute Gasteiger partial charge is 0.269 e. The molecule has 16 heavy (non-hydrogen) atoms. The molecule has 1 rings (SSSR count). The fraction of sp³-hybridized carbons (Fsp3) is 0.750. The summed E-state index contributed by atoms with van der Waals surface area (Å²) < 4.78 is 1.78. The first-order valence-corrected chi connectivity index (χ1v) is 5.50. The van der Waals surface area contributed by atoms with E-state index in [0.29, 0.717) is 5.69 Å². The maximum Gasteiger partial charge on any atom is 0.153 e. The van der Waals surface area contributed by atoms with Crippen LogP contribution in [0.1, 0.15) is 52.9 Å². The summed E-state index contributed by atoms with van der Waals surface area (Å²) in [4.78, 5) is 11.1. The molecule has 4 heteroatoms.